The zero-order valence-corrected chi connectivity index (χ0v) is 18.3. The topological polar surface area (TPSA) is 61.9 Å². The molecule has 7 heteroatoms. The largest absolute Gasteiger partial charge is 0.465 e. The number of halogens is 1. The number of ether oxygens (including phenoxy) is 1. The molecule has 0 N–H and O–H groups in total. The predicted octanol–water partition coefficient (Wildman–Crippen LogP) is 5.45. The Hall–Kier alpha value is -3.48. The fraction of sp³-hybridized carbons (Fsp3) is 0.320. The van der Waals surface area contributed by atoms with E-state index in [2.05, 4.69) is 34.8 Å². The molecule has 0 atom stereocenters. The summed E-state index contributed by atoms with van der Waals surface area (Å²) in [4.78, 5) is 21.8. The van der Waals surface area contributed by atoms with Crippen molar-refractivity contribution in [3.05, 3.63) is 60.1 Å². The molecule has 0 radical (unpaired) electrons. The van der Waals surface area contributed by atoms with Crippen LogP contribution in [0.2, 0.25) is 0 Å². The number of hydrogen-bond acceptors (Lipinski definition) is 4. The first-order valence-corrected chi connectivity index (χ1v) is 11.0. The fourth-order valence-electron chi connectivity index (χ4n) is 4.26. The van der Waals surface area contributed by atoms with E-state index in [-0.39, 0.29) is 11.6 Å². The molecule has 1 aliphatic rings. The number of nitrogens with zero attached hydrogens (tertiary/aromatic N) is 4. The molecule has 164 valence electrons. The van der Waals surface area contributed by atoms with Crippen LogP contribution in [0.4, 0.5) is 4.39 Å². The minimum absolute atomic E-state index is 0.103. The molecule has 1 fully saturated rings. The molecule has 4 aromatic rings. The summed E-state index contributed by atoms with van der Waals surface area (Å²) in [5.41, 5.74) is 4.05. The van der Waals surface area contributed by atoms with E-state index in [1.165, 1.54) is 19.2 Å². The fourth-order valence-corrected chi connectivity index (χ4v) is 4.26. The number of carbonyl (C=O) groups is 1. The number of aromatic nitrogens is 4. The Kier molecular flexibility index (Phi) is 5.04. The highest BCUT2D eigenvalue weighted by molar-refractivity contribution is 5.95. The Morgan fingerprint density at radius 3 is 2.78 bits per heavy atom. The lowest BCUT2D eigenvalue weighted by molar-refractivity contribution is 0.0595. The lowest BCUT2D eigenvalue weighted by Gasteiger charge is -2.12. The normalized spacial score (nSPS) is 13.7. The van der Waals surface area contributed by atoms with Gasteiger partial charge in [0.05, 0.1) is 29.4 Å². The maximum atomic E-state index is 14.8. The molecule has 1 aromatic carbocycles. The number of benzene rings is 1. The van der Waals surface area contributed by atoms with Gasteiger partial charge in [0.25, 0.3) is 0 Å². The second-order valence-corrected chi connectivity index (χ2v) is 8.18. The average Bonchev–Trinajstić information content (AvgIpc) is 3.48. The van der Waals surface area contributed by atoms with E-state index in [0.717, 1.165) is 60.5 Å². The number of carbonyl (C=O) groups excluding carboxylic acids is 1. The highest BCUT2D eigenvalue weighted by Crippen LogP contribution is 2.42. The maximum Gasteiger partial charge on any atom is 0.340 e. The van der Waals surface area contributed by atoms with E-state index in [1.807, 2.05) is 12.1 Å². The van der Waals surface area contributed by atoms with Crippen molar-refractivity contribution in [2.45, 2.75) is 45.2 Å². The molecule has 0 amide bonds. The summed E-state index contributed by atoms with van der Waals surface area (Å²) in [5.74, 6) is -0.536. The third-order valence-electron chi connectivity index (χ3n) is 6.05. The van der Waals surface area contributed by atoms with Gasteiger partial charge in [0.15, 0.2) is 5.82 Å². The molecule has 6 nitrogen and oxygen atoms in total. The molecule has 0 aliphatic heterocycles. The van der Waals surface area contributed by atoms with Gasteiger partial charge in [-0.15, -0.1) is 6.58 Å². The number of esters is 1. The van der Waals surface area contributed by atoms with Gasteiger partial charge in [0.2, 0.25) is 0 Å². The van der Waals surface area contributed by atoms with Crippen LogP contribution in [0.5, 0.6) is 0 Å². The molecular weight excluding hydrogens is 407 g/mol. The molecule has 1 saturated carbocycles. The van der Waals surface area contributed by atoms with Crippen LogP contribution in [0.25, 0.3) is 33.6 Å². The van der Waals surface area contributed by atoms with Crippen LogP contribution in [0.15, 0.2) is 43.0 Å². The number of aryl methyl sites for hydroxylation is 2. The number of allylic oxidation sites excluding steroid dienone is 1. The van der Waals surface area contributed by atoms with E-state index >= 15 is 0 Å². The van der Waals surface area contributed by atoms with E-state index in [1.54, 1.807) is 0 Å². The van der Waals surface area contributed by atoms with Gasteiger partial charge in [0, 0.05) is 29.7 Å². The molecule has 5 rings (SSSR count). The first-order valence-electron chi connectivity index (χ1n) is 11.0. The summed E-state index contributed by atoms with van der Waals surface area (Å²) >= 11 is 0. The van der Waals surface area contributed by atoms with Gasteiger partial charge in [-0.3, -0.25) is 0 Å². The van der Waals surface area contributed by atoms with Gasteiger partial charge in [-0.2, -0.15) is 0 Å². The Labute approximate surface area is 185 Å². The SMILES string of the molecule is C=CCCn1c(-c2nc3cc(C(=O)OC)c(F)cc3n2C2CC2)cc2ccc(CC)nc21. The first-order chi connectivity index (χ1) is 15.5. The minimum atomic E-state index is -0.705. The summed E-state index contributed by atoms with van der Waals surface area (Å²) in [6.07, 6.45) is 5.57. The number of rotatable bonds is 7. The Bertz CT molecular complexity index is 1360. The monoisotopic (exact) mass is 432 g/mol. The molecule has 3 aromatic heterocycles. The van der Waals surface area contributed by atoms with E-state index < -0.39 is 11.8 Å². The lowest BCUT2D eigenvalue weighted by Crippen LogP contribution is -2.06. The second-order valence-electron chi connectivity index (χ2n) is 8.18. The van der Waals surface area contributed by atoms with Crippen molar-refractivity contribution in [1.29, 1.82) is 0 Å². The van der Waals surface area contributed by atoms with Gasteiger partial charge >= 0.3 is 5.97 Å². The quantitative estimate of drug-likeness (QED) is 0.288. The van der Waals surface area contributed by atoms with Crippen molar-refractivity contribution in [2.24, 2.45) is 0 Å². The molecule has 3 heterocycles. The zero-order chi connectivity index (χ0) is 22.4. The van der Waals surface area contributed by atoms with Crippen molar-refractivity contribution < 1.29 is 13.9 Å². The van der Waals surface area contributed by atoms with Crippen LogP contribution in [0.3, 0.4) is 0 Å². The predicted molar refractivity (Wildman–Crippen MR) is 122 cm³/mol. The summed E-state index contributed by atoms with van der Waals surface area (Å²) in [6, 6.07) is 9.40. The molecule has 0 bridgehead atoms. The number of imidazole rings is 1. The highest BCUT2D eigenvalue weighted by atomic mass is 19.1. The summed E-state index contributed by atoms with van der Waals surface area (Å²) < 4.78 is 23.8. The molecular formula is C25H25FN4O2. The van der Waals surface area contributed by atoms with E-state index in [0.29, 0.717) is 11.0 Å². The Morgan fingerprint density at radius 2 is 2.09 bits per heavy atom. The average molecular weight is 432 g/mol. The Balaban J connectivity index is 1.77. The first kappa shape index (κ1) is 20.4. The van der Waals surface area contributed by atoms with Crippen LogP contribution < -0.4 is 0 Å². The van der Waals surface area contributed by atoms with Crippen molar-refractivity contribution in [1.82, 2.24) is 19.1 Å². The second kappa shape index (κ2) is 7.89. The summed E-state index contributed by atoms with van der Waals surface area (Å²) in [7, 11) is 1.25. The molecule has 1 aliphatic carbocycles. The van der Waals surface area contributed by atoms with Gasteiger partial charge in [-0.1, -0.05) is 13.0 Å². The van der Waals surface area contributed by atoms with Gasteiger partial charge in [-0.25, -0.2) is 19.2 Å². The van der Waals surface area contributed by atoms with Crippen LogP contribution in [0, 0.1) is 5.82 Å². The van der Waals surface area contributed by atoms with Crippen LogP contribution in [0.1, 0.15) is 48.3 Å². The van der Waals surface area contributed by atoms with Gasteiger partial charge < -0.3 is 13.9 Å². The number of methoxy groups -OCH3 is 1. The summed E-state index contributed by atoms with van der Waals surface area (Å²) in [5, 5.41) is 1.04. The lowest BCUT2D eigenvalue weighted by atomic mass is 10.2. The van der Waals surface area contributed by atoms with Crippen molar-refractivity contribution in [2.75, 3.05) is 7.11 Å². The van der Waals surface area contributed by atoms with Gasteiger partial charge in [-0.05, 0) is 49.9 Å². The number of hydrogen-bond donors (Lipinski definition) is 0. The highest BCUT2D eigenvalue weighted by Gasteiger charge is 2.31. The summed E-state index contributed by atoms with van der Waals surface area (Å²) in [6.45, 7) is 6.68. The van der Waals surface area contributed by atoms with E-state index in [4.69, 9.17) is 14.7 Å². The van der Waals surface area contributed by atoms with Crippen LogP contribution in [-0.4, -0.2) is 32.2 Å². The number of pyridine rings is 1. The molecule has 0 spiro atoms. The maximum absolute atomic E-state index is 14.8. The van der Waals surface area contributed by atoms with Crippen molar-refractivity contribution >= 4 is 28.0 Å². The van der Waals surface area contributed by atoms with Crippen molar-refractivity contribution in [3.8, 4) is 11.5 Å². The van der Waals surface area contributed by atoms with Gasteiger partial charge in [0.1, 0.15) is 11.5 Å². The standard InChI is InChI=1S/C25H25FN4O2/c1-4-6-11-29-22(12-15-7-8-16(5-2)27-23(15)29)24-28-20-13-18(25(31)32-3)19(26)14-21(20)30(24)17-9-10-17/h4,7-8,12-14,17H,1,5-6,9-11H2,2-3H3. The van der Waals surface area contributed by atoms with E-state index in [9.17, 15) is 9.18 Å². The Morgan fingerprint density at radius 1 is 1.28 bits per heavy atom. The van der Waals surface area contributed by atoms with Crippen molar-refractivity contribution in [3.63, 3.8) is 0 Å². The molecule has 0 unspecified atom stereocenters. The third-order valence-corrected chi connectivity index (χ3v) is 6.05. The zero-order valence-electron chi connectivity index (χ0n) is 18.3. The third kappa shape index (κ3) is 3.28. The minimum Gasteiger partial charge on any atom is -0.465 e. The molecule has 0 saturated heterocycles. The van der Waals surface area contributed by atoms with Crippen LogP contribution in [-0.2, 0) is 17.7 Å². The van der Waals surface area contributed by atoms with Crippen LogP contribution >= 0.6 is 0 Å². The molecule has 32 heavy (non-hydrogen) atoms. The smallest absolute Gasteiger partial charge is 0.340 e. The number of fused-ring (bicyclic) bond motifs is 2.